The Morgan fingerprint density at radius 2 is 1.91 bits per heavy atom. The molecule has 5 rings (SSSR count). The number of nitrogens with zero attached hydrogens (tertiary/aromatic N) is 2. The fraction of sp³-hybridized carbons (Fsp3) is 0.292. The molecule has 0 spiro atoms. The van der Waals surface area contributed by atoms with Crippen LogP contribution < -0.4 is 5.32 Å². The van der Waals surface area contributed by atoms with E-state index in [1.165, 1.54) is 34.4 Å². The number of carbonyl (C=O) groups is 3. The second-order valence-electron chi connectivity index (χ2n) is 8.19. The highest BCUT2D eigenvalue weighted by Crippen LogP contribution is 2.35. The first-order valence-corrected chi connectivity index (χ1v) is 11.5. The van der Waals surface area contributed by atoms with Gasteiger partial charge in [0.2, 0.25) is 11.8 Å². The van der Waals surface area contributed by atoms with Crippen LogP contribution >= 0.6 is 11.8 Å². The number of carbonyl (C=O) groups excluding carboxylic acids is 3. The summed E-state index contributed by atoms with van der Waals surface area (Å²) in [6.45, 7) is -0.0907. The number of amides is 4. The Morgan fingerprint density at radius 1 is 1.12 bits per heavy atom. The van der Waals surface area contributed by atoms with Crippen LogP contribution in [0.2, 0.25) is 0 Å². The van der Waals surface area contributed by atoms with Crippen LogP contribution in [0, 0.1) is 5.82 Å². The van der Waals surface area contributed by atoms with Gasteiger partial charge in [-0.1, -0.05) is 42.5 Å². The molecule has 2 aliphatic heterocycles. The number of hydrogen-bond donors (Lipinski definition) is 1. The number of benzene rings is 2. The van der Waals surface area contributed by atoms with Crippen molar-refractivity contribution in [2.75, 3.05) is 6.54 Å². The molecular formula is C24H22FN3O3S. The van der Waals surface area contributed by atoms with E-state index in [-0.39, 0.29) is 36.8 Å². The molecule has 3 atom stereocenters. The van der Waals surface area contributed by atoms with Crippen LogP contribution in [0.25, 0.3) is 0 Å². The average molecular weight is 452 g/mol. The molecule has 0 bridgehead atoms. The number of rotatable bonds is 5. The average Bonchev–Trinajstić information content (AvgIpc) is 3.43. The molecule has 8 heteroatoms. The Hall–Kier alpha value is -3.13. The molecule has 0 radical (unpaired) electrons. The molecule has 3 unspecified atom stereocenters. The van der Waals surface area contributed by atoms with Crippen LogP contribution in [-0.2, 0) is 22.6 Å². The Balaban J connectivity index is 1.32. The lowest BCUT2D eigenvalue weighted by Gasteiger charge is -2.41. The molecule has 2 heterocycles. The molecule has 32 heavy (non-hydrogen) atoms. The van der Waals surface area contributed by atoms with Gasteiger partial charge in [0.05, 0.1) is 18.6 Å². The fourth-order valence-corrected chi connectivity index (χ4v) is 5.65. The summed E-state index contributed by atoms with van der Waals surface area (Å²) in [7, 11) is 0. The highest BCUT2D eigenvalue weighted by Gasteiger charge is 2.47. The maximum atomic E-state index is 13.3. The molecular weight excluding hydrogens is 429 g/mol. The van der Waals surface area contributed by atoms with Gasteiger partial charge < -0.3 is 10.2 Å². The van der Waals surface area contributed by atoms with Gasteiger partial charge in [0.25, 0.3) is 0 Å². The molecule has 1 fully saturated rings. The van der Waals surface area contributed by atoms with E-state index >= 15 is 0 Å². The summed E-state index contributed by atoms with van der Waals surface area (Å²) in [5, 5.41) is 4.38. The van der Waals surface area contributed by atoms with Gasteiger partial charge in [0.1, 0.15) is 17.6 Å². The van der Waals surface area contributed by atoms with Gasteiger partial charge in [-0.3, -0.25) is 14.5 Å². The molecule has 2 aromatic carbocycles. The fourth-order valence-electron chi connectivity index (χ4n) is 4.59. The summed E-state index contributed by atoms with van der Waals surface area (Å²) in [6.07, 6.45) is 3.54. The number of nitrogens with one attached hydrogen (secondary N) is 1. The van der Waals surface area contributed by atoms with Gasteiger partial charge in [-0.05, 0) is 47.1 Å². The van der Waals surface area contributed by atoms with Gasteiger partial charge in [-0.25, -0.2) is 9.18 Å². The third-order valence-corrected chi connectivity index (χ3v) is 7.28. The van der Waals surface area contributed by atoms with E-state index < -0.39 is 17.3 Å². The van der Waals surface area contributed by atoms with Crippen molar-refractivity contribution in [2.24, 2.45) is 0 Å². The lowest BCUT2D eigenvalue weighted by molar-refractivity contribution is -0.133. The normalized spacial score (nSPS) is 24.0. The topological polar surface area (TPSA) is 69.7 Å². The minimum atomic E-state index is -0.505. The predicted octanol–water partition coefficient (Wildman–Crippen LogP) is 3.39. The van der Waals surface area contributed by atoms with Crippen molar-refractivity contribution in [3.63, 3.8) is 0 Å². The molecule has 164 valence electrons. The van der Waals surface area contributed by atoms with Gasteiger partial charge in [0.15, 0.2) is 0 Å². The molecule has 3 aliphatic rings. The summed E-state index contributed by atoms with van der Waals surface area (Å²) in [5.74, 6) is -0.923. The van der Waals surface area contributed by atoms with Gasteiger partial charge in [-0.2, -0.15) is 0 Å². The van der Waals surface area contributed by atoms with Crippen LogP contribution in [0.1, 0.15) is 29.2 Å². The maximum absolute atomic E-state index is 13.3. The van der Waals surface area contributed by atoms with Crippen molar-refractivity contribution in [3.05, 3.63) is 82.5 Å². The maximum Gasteiger partial charge on any atom is 0.328 e. The van der Waals surface area contributed by atoms with Crippen LogP contribution in [0.3, 0.4) is 0 Å². The van der Waals surface area contributed by atoms with Gasteiger partial charge in [-0.15, -0.1) is 11.8 Å². The van der Waals surface area contributed by atoms with Gasteiger partial charge in [0, 0.05) is 0 Å². The second-order valence-corrected chi connectivity index (χ2v) is 9.25. The molecule has 1 aliphatic carbocycles. The molecule has 1 saturated heterocycles. The highest BCUT2D eigenvalue weighted by atomic mass is 32.2. The number of imide groups is 1. The molecule has 1 N–H and O–H groups in total. The largest absolute Gasteiger partial charge is 0.348 e. The van der Waals surface area contributed by atoms with E-state index in [9.17, 15) is 18.8 Å². The van der Waals surface area contributed by atoms with Crippen molar-refractivity contribution in [1.82, 2.24) is 15.1 Å². The number of halogens is 1. The molecule has 0 aromatic heterocycles. The number of urea groups is 1. The summed E-state index contributed by atoms with van der Waals surface area (Å²) in [6, 6.07) is 12.7. The minimum Gasteiger partial charge on any atom is -0.348 e. The Kier molecular flexibility index (Phi) is 5.46. The van der Waals surface area contributed by atoms with E-state index in [1.54, 1.807) is 23.6 Å². The zero-order valence-electron chi connectivity index (χ0n) is 17.2. The zero-order valence-corrected chi connectivity index (χ0v) is 18.1. The molecule has 0 saturated carbocycles. The number of thioether (sulfide) groups is 1. The first-order valence-electron chi connectivity index (χ1n) is 10.6. The molecule has 6 nitrogen and oxygen atoms in total. The Morgan fingerprint density at radius 3 is 2.72 bits per heavy atom. The third-order valence-electron chi connectivity index (χ3n) is 6.19. The van der Waals surface area contributed by atoms with Crippen molar-refractivity contribution < 1.29 is 18.8 Å². The lowest BCUT2D eigenvalue weighted by Crippen LogP contribution is -2.62. The van der Waals surface area contributed by atoms with E-state index in [0.717, 1.165) is 23.3 Å². The molecule has 4 amide bonds. The summed E-state index contributed by atoms with van der Waals surface area (Å²) >= 11 is 1.35. The predicted molar refractivity (Wildman–Crippen MR) is 119 cm³/mol. The summed E-state index contributed by atoms with van der Waals surface area (Å²) < 4.78 is 13.2. The van der Waals surface area contributed by atoms with Crippen molar-refractivity contribution in [2.45, 2.75) is 36.7 Å². The SMILES string of the molecule is O=C(CN1C(=O)N(Cc2ccc(F)cc2)C(=O)C2SC=CC21)NC1CCc2ccccc21. The standard InChI is InChI=1S/C24H22FN3O3S/c25-17-8-5-15(6-9-17)13-28-23(30)22-20(11-12-32-22)27(24(28)31)14-21(29)26-19-10-7-16-3-1-2-4-18(16)19/h1-6,8-9,11-12,19-20,22H,7,10,13-14H2,(H,26,29). The Labute approximate surface area is 189 Å². The number of fused-ring (bicyclic) bond motifs is 2. The van der Waals surface area contributed by atoms with E-state index in [4.69, 9.17) is 0 Å². The van der Waals surface area contributed by atoms with Crippen LogP contribution in [0.15, 0.2) is 60.0 Å². The highest BCUT2D eigenvalue weighted by molar-refractivity contribution is 8.03. The van der Waals surface area contributed by atoms with Gasteiger partial charge >= 0.3 is 6.03 Å². The van der Waals surface area contributed by atoms with Crippen molar-refractivity contribution in [1.29, 1.82) is 0 Å². The third kappa shape index (κ3) is 3.79. The van der Waals surface area contributed by atoms with Crippen LogP contribution in [0.4, 0.5) is 9.18 Å². The zero-order chi connectivity index (χ0) is 22.2. The minimum absolute atomic E-state index is 0.0375. The smallest absolute Gasteiger partial charge is 0.328 e. The summed E-state index contributed by atoms with van der Waals surface area (Å²) in [5.41, 5.74) is 3.00. The lowest BCUT2D eigenvalue weighted by atomic mass is 10.1. The van der Waals surface area contributed by atoms with E-state index in [0.29, 0.717) is 5.56 Å². The van der Waals surface area contributed by atoms with Crippen LogP contribution in [-0.4, -0.2) is 45.5 Å². The number of hydrogen-bond acceptors (Lipinski definition) is 4. The van der Waals surface area contributed by atoms with Crippen molar-refractivity contribution in [3.8, 4) is 0 Å². The second kappa shape index (κ2) is 8.43. The quantitative estimate of drug-likeness (QED) is 0.757. The van der Waals surface area contributed by atoms with Crippen LogP contribution in [0.5, 0.6) is 0 Å². The summed E-state index contributed by atoms with van der Waals surface area (Å²) in [4.78, 5) is 41.8. The number of aryl methyl sites for hydroxylation is 1. The van der Waals surface area contributed by atoms with E-state index in [1.807, 2.05) is 18.2 Å². The van der Waals surface area contributed by atoms with E-state index in [2.05, 4.69) is 11.4 Å². The Bertz CT molecular complexity index is 1100. The first kappa shape index (κ1) is 20.8. The van der Waals surface area contributed by atoms with Crippen molar-refractivity contribution >= 4 is 29.6 Å². The molecule has 2 aromatic rings. The monoisotopic (exact) mass is 451 g/mol. The first-order chi connectivity index (χ1) is 15.5.